The van der Waals surface area contributed by atoms with Gasteiger partial charge in [-0.3, -0.25) is 0 Å². The molecule has 3 aromatic carbocycles. The molecule has 0 heterocycles. The van der Waals surface area contributed by atoms with E-state index in [1.54, 1.807) is 18.2 Å². The first kappa shape index (κ1) is 19.4. The Hall–Kier alpha value is -3.91. The molecule has 0 fully saturated rings. The summed E-state index contributed by atoms with van der Waals surface area (Å²) < 4.78 is 10.5. The highest BCUT2D eigenvalue weighted by atomic mass is 16.5. The highest BCUT2D eigenvalue weighted by Gasteiger charge is 2.28. The fraction of sp³-hybridized carbons (Fsp3) is 0.160. The molecule has 5 nitrogen and oxygen atoms in total. The molecule has 1 aliphatic carbocycles. The maximum Gasteiger partial charge on any atom is 0.407 e. The predicted molar refractivity (Wildman–Crippen MR) is 115 cm³/mol. The number of hydrogen-bond acceptors (Lipinski definition) is 4. The number of rotatable bonds is 4. The van der Waals surface area contributed by atoms with Crippen LogP contribution in [0.1, 0.15) is 22.6 Å². The third-order valence-electron chi connectivity index (χ3n) is 5.11. The van der Waals surface area contributed by atoms with Crippen LogP contribution < -0.4 is 10.1 Å². The van der Waals surface area contributed by atoms with Crippen molar-refractivity contribution < 1.29 is 19.4 Å². The van der Waals surface area contributed by atoms with Crippen molar-refractivity contribution in [2.45, 2.75) is 5.92 Å². The SMILES string of the molecule is COc1cccc(C#CCNC(=O)OCC2c3ccccc3-c3ccccc32)c1O. The van der Waals surface area contributed by atoms with Gasteiger partial charge in [-0.2, -0.15) is 0 Å². The first-order valence-electron chi connectivity index (χ1n) is 9.62. The minimum Gasteiger partial charge on any atom is -0.503 e. The van der Waals surface area contributed by atoms with Crippen LogP contribution in [0.4, 0.5) is 4.79 Å². The number of aromatic hydroxyl groups is 1. The molecule has 1 aliphatic rings. The summed E-state index contributed by atoms with van der Waals surface area (Å²) in [5, 5.41) is 12.6. The molecule has 2 N–H and O–H groups in total. The van der Waals surface area contributed by atoms with Crippen LogP contribution in [0.3, 0.4) is 0 Å². The van der Waals surface area contributed by atoms with Gasteiger partial charge in [-0.25, -0.2) is 4.79 Å². The molecule has 0 saturated carbocycles. The first-order chi connectivity index (χ1) is 14.7. The van der Waals surface area contributed by atoms with Crippen molar-refractivity contribution in [1.29, 1.82) is 0 Å². The van der Waals surface area contributed by atoms with E-state index in [1.807, 2.05) is 24.3 Å². The van der Waals surface area contributed by atoms with Crippen molar-refractivity contribution in [2.24, 2.45) is 0 Å². The van der Waals surface area contributed by atoms with Gasteiger partial charge in [0.1, 0.15) is 6.61 Å². The number of amides is 1. The van der Waals surface area contributed by atoms with Gasteiger partial charge < -0.3 is 19.9 Å². The number of benzene rings is 3. The zero-order valence-electron chi connectivity index (χ0n) is 16.5. The number of fused-ring (bicyclic) bond motifs is 3. The Labute approximate surface area is 175 Å². The van der Waals surface area contributed by atoms with Crippen LogP contribution in [0.5, 0.6) is 11.5 Å². The van der Waals surface area contributed by atoms with E-state index in [2.05, 4.69) is 41.4 Å². The van der Waals surface area contributed by atoms with Gasteiger partial charge in [-0.05, 0) is 34.4 Å². The quantitative estimate of drug-likeness (QED) is 0.642. The van der Waals surface area contributed by atoms with Crippen LogP contribution in [0, 0.1) is 11.8 Å². The van der Waals surface area contributed by atoms with Gasteiger partial charge in [-0.1, -0.05) is 66.4 Å². The molecular formula is C25H21NO4. The largest absolute Gasteiger partial charge is 0.503 e. The van der Waals surface area contributed by atoms with Crippen LogP contribution >= 0.6 is 0 Å². The van der Waals surface area contributed by atoms with E-state index in [-0.39, 0.29) is 24.8 Å². The molecule has 150 valence electrons. The standard InChI is InChI=1S/C25H21NO4/c1-29-23-14-6-8-17(24(23)27)9-7-15-26-25(28)30-16-22-20-12-4-2-10-18(20)19-11-3-5-13-21(19)22/h2-6,8,10-14,22,27H,15-16H2,1H3,(H,26,28). The molecule has 0 aliphatic heterocycles. The average Bonchev–Trinajstić information content (AvgIpc) is 3.10. The summed E-state index contributed by atoms with van der Waals surface area (Å²) in [6, 6.07) is 21.4. The number of phenols is 1. The molecule has 0 bridgehead atoms. The Kier molecular flexibility index (Phi) is 5.58. The summed E-state index contributed by atoms with van der Waals surface area (Å²) in [5.74, 6) is 5.97. The number of carbonyl (C=O) groups is 1. The topological polar surface area (TPSA) is 67.8 Å². The summed E-state index contributed by atoms with van der Waals surface area (Å²) in [4.78, 5) is 12.1. The number of alkyl carbamates (subject to hydrolysis) is 1. The average molecular weight is 399 g/mol. The van der Waals surface area contributed by atoms with Gasteiger partial charge in [0.05, 0.1) is 19.2 Å². The van der Waals surface area contributed by atoms with Gasteiger partial charge in [0.25, 0.3) is 0 Å². The Balaban J connectivity index is 1.36. The Morgan fingerprint density at radius 2 is 1.67 bits per heavy atom. The highest BCUT2D eigenvalue weighted by Crippen LogP contribution is 2.44. The third kappa shape index (κ3) is 3.81. The molecule has 5 heteroatoms. The van der Waals surface area contributed by atoms with Crippen LogP contribution in [0.2, 0.25) is 0 Å². The number of para-hydroxylation sites is 1. The van der Waals surface area contributed by atoms with Crippen molar-refractivity contribution in [2.75, 3.05) is 20.3 Å². The van der Waals surface area contributed by atoms with Crippen molar-refractivity contribution in [3.63, 3.8) is 0 Å². The summed E-state index contributed by atoms with van der Waals surface area (Å²) in [6.45, 7) is 0.358. The lowest BCUT2D eigenvalue weighted by molar-refractivity contribution is 0.144. The molecule has 30 heavy (non-hydrogen) atoms. The summed E-state index contributed by atoms with van der Waals surface area (Å²) in [5.41, 5.74) is 5.14. The first-order valence-corrected chi connectivity index (χ1v) is 9.62. The van der Waals surface area contributed by atoms with Crippen LogP contribution in [-0.4, -0.2) is 31.5 Å². The number of carbonyl (C=O) groups excluding carboxylic acids is 1. The predicted octanol–water partition coefficient (Wildman–Crippen LogP) is 4.29. The number of methoxy groups -OCH3 is 1. The number of phenolic OH excluding ortho intramolecular Hbond substituents is 1. The van der Waals surface area contributed by atoms with E-state index in [4.69, 9.17) is 9.47 Å². The van der Waals surface area contributed by atoms with Crippen molar-refractivity contribution >= 4 is 6.09 Å². The minimum absolute atomic E-state index is 0.0166. The van der Waals surface area contributed by atoms with Crippen LogP contribution in [0.15, 0.2) is 66.7 Å². The normalized spacial score (nSPS) is 11.6. The van der Waals surface area contributed by atoms with E-state index < -0.39 is 6.09 Å². The summed E-state index contributed by atoms with van der Waals surface area (Å²) in [7, 11) is 1.48. The zero-order chi connectivity index (χ0) is 20.9. The van der Waals surface area contributed by atoms with E-state index in [0.717, 1.165) is 0 Å². The van der Waals surface area contributed by atoms with Crippen LogP contribution in [0.25, 0.3) is 11.1 Å². The van der Waals surface area contributed by atoms with E-state index >= 15 is 0 Å². The lowest BCUT2D eigenvalue weighted by Crippen LogP contribution is -2.26. The Morgan fingerprint density at radius 1 is 1.00 bits per heavy atom. The van der Waals surface area contributed by atoms with Gasteiger partial charge >= 0.3 is 6.09 Å². The maximum atomic E-state index is 12.1. The van der Waals surface area contributed by atoms with E-state index in [0.29, 0.717) is 11.3 Å². The number of hydrogen-bond donors (Lipinski definition) is 2. The lowest BCUT2D eigenvalue weighted by atomic mass is 9.98. The second-order valence-electron chi connectivity index (χ2n) is 6.84. The summed E-state index contributed by atoms with van der Waals surface area (Å²) >= 11 is 0. The molecule has 3 aromatic rings. The fourth-order valence-corrected chi connectivity index (χ4v) is 3.69. The van der Waals surface area contributed by atoms with E-state index in [9.17, 15) is 9.90 Å². The van der Waals surface area contributed by atoms with Crippen molar-refractivity contribution in [3.8, 4) is 34.5 Å². The van der Waals surface area contributed by atoms with E-state index in [1.165, 1.54) is 29.4 Å². The molecular weight excluding hydrogens is 378 g/mol. The van der Waals surface area contributed by atoms with Crippen molar-refractivity contribution in [3.05, 3.63) is 83.4 Å². The second-order valence-corrected chi connectivity index (χ2v) is 6.84. The zero-order valence-corrected chi connectivity index (χ0v) is 16.5. The fourth-order valence-electron chi connectivity index (χ4n) is 3.69. The molecule has 1 amide bonds. The van der Waals surface area contributed by atoms with Crippen LogP contribution in [-0.2, 0) is 4.74 Å². The maximum absolute atomic E-state index is 12.1. The lowest BCUT2D eigenvalue weighted by Gasteiger charge is -2.14. The smallest absolute Gasteiger partial charge is 0.407 e. The second kappa shape index (κ2) is 8.62. The Morgan fingerprint density at radius 3 is 2.33 bits per heavy atom. The molecule has 0 saturated heterocycles. The van der Waals surface area contributed by atoms with Gasteiger partial charge in [0.15, 0.2) is 11.5 Å². The third-order valence-corrected chi connectivity index (χ3v) is 5.11. The molecule has 0 radical (unpaired) electrons. The summed E-state index contributed by atoms with van der Waals surface area (Å²) in [6.07, 6.45) is -0.527. The number of ether oxygens (including phenoxy) is 2. The van der Waals surface area contributed by atoms with Gasteiger partial charge in [0, 0.05) is 5.92 Å². The monoisotopic (exact) mass is 399 g/mol. The molecule has 0 aromatic heterocycles. The van der Waals surface area contributed by atoms with Gasteiger partial charge in [-0.15, -0.1) is 0 Å². The minimum atomic E-state index is -0.527. The number of nitrogens with one attached hydrogen (secondary N) is 1. The molecule has 4 rings (SSSR count). The van der Waals surface area contributed by atoms with Gasteiger partial charge in [0.2, 0.25) is 0 Å². The van der Waals surface area contributed by atoms with Crippen molar-refractivity contribution in [1.82, 2.24) is 5.32 Å². The highest BCUT2D eigenvalue weighted by molar-refractivity contribution is 5.79. The molecule has 0 unspecified atom stereocenters. The molecule has 0 atom stereocenters. The molecule has 0 spiro atoms. The Bertz CT molecular complexity index is 1100.